The van der Waals surface area contributed by atoms with E-state index in [2.05, 4.69) is 5.10 Å². The van der Waals surface area contributed by atoms with Crippen LogP contribution in [-0.4, -0.2) is 33.7 Å². The first kappa shape index (κ1) is 19.3. The smallest absolute Gasteiger partial charge is 0.263 e. The molecule has 3 rings (SSSR count). The number of nitrogens with zero attached hydrogens (tertiary/aromatic N) is 3. The van der Waals surface area contributed by atoms with Crippen molar-refractivity contribution >= 4 is 29.1 Å². The summed E-state index contributed by atoms with van der Waals surface area (Å²) in [5, 5.41) is 5.23. The number of amides is 1. The van der Waals surface area contributed by atoms with Crippen molar-refractivity contribution in [3.05, 3.63) is 76.5 Å². The Kier molecular flexibility index (Phi) is 6.04. The van der Waals surface area contributed by atoms with Crippen LogP contribution < -0.4 is 4.74 Å². The number of benzene rings is 2. The second-order valence-electron chi connectivity index (χ2n) is 6.16. The fraction of sp³-hybridized carbons (Fsp3) is 0.200. The highest BCUT2D eigenvalue weighted by molar-refractivity contribution is 6.35. The maximum Gasteiger partial charge on any atom is 0.263 e. The van der Waals surface area contributed by atoms with Crippen LogP contribution in [0, 0.1) is 0 Å². The zero-order valence-electron chi connectivity index (χ0n) is 15.0. The molecule has 0 unspecified atom stereocenters. The van der Waals surface area contributed by atoms with Crippen LogP contribution in [0.5, 0.6) is 5.75 Å². The van der Waals surface area contributed by atoms with Crippen LogP contribution in [0.4, 0.5) is 0 Å². The number of carbonyl (C=O) groups is 1. The van der Waals surface area contributed by atoms with Crippen molar-refractivity contribution < 1.29 is 9.53 Å². The third kappa shape index (κ3) is 4.81. The summed E-state index contributed by atoms with van der Waals surface area (Å²) >= 11 is 12.0. The van der Waals surface area contributed by atoms with Gasteiger partial charge in [-0.2, -0.15) is 5.10 Å². The minimum atomic E-state index is -0.683. The largest absolute Gasteiger partial charge is 0.479 e. The van der Waals surface area contributed by atoms with E-state index in [1.807, 2.05) is 36.5 Å². The number of aromatic nitrogens is 2. The van der Waals surface area contributed by atoms with E-state index in [9.17, 15) is 4.79 Å². The molecule has 0 fully saturated rings. The highest BCUT2D eigenvalue weighted by atomic mass is 35.5. The molecule has 3 aromatic rings. The van der Waals surface area contributed by atoms with Crippen molar-refractivity contribution in [2.45, 2.75) is 19.6 Å². The summed E-state index contributed by atoms with van der Waals surface area (Å²) in [6.07, 6.45) is 2.97. The minimum absolute atomic E-state index is 0.159. The van der Waals surface area contributed by atoms with Gasteiger partial charge in [0.15, 0.2) is 6.10 Å². The second kappa shape index (κ2) is 8.46. The minimum Gasteiger partial charge on any atom is -0.479 e. The molecule has 0 aliphatic rings. The van der Waals surface area contributed by atoms with Gasteiger partial charge in [-0.1, -0.05) is 41.4 Å². The monoisotopic (exact) mass is 403 g/mol. The first-order valence-corrected chi connectivity index (χ1v) is 9.15. The molecule has 0 radical (unpaired) electrons. The molecule has 5 nitrogen and oxygen atoms in total. The number of hydrogen-bond acceptors (Lipinski definition) is 3. The molecule has 0 bridgehead atoms. The van der Waals surface area contributed by atoms with Gasteiger partial charge < -0.3 is 9.64 Å². The number of para-hydroxylation sites is 1. The van der Waals surface area contributed by atoms with Crippen LogP contribution in [0.2, 0.25) is 10.0 Å². The van der Waals surface area contributed by atoms with E-state index >= 15 is 0 Å². The first-order chi connectivity index (χ1) is 12.9. The van der Waals surface area contributed by atoms with Gasteiger partial charge in [-0.05, 0) is 37.3 Å². The summed E-state index contributed by atoms with van der Waals surface area (Å²) in [6.45, 7) is 2.12. The van der Waals surface area contributed by atoms with E-state index in [-0.39, 0.29) is 5.91 Å². The molecule has 0 saturated heterocycles. The second-order valence-corrected chi connectivity index (χ2v) is 7.00. The van der Waals surface area contributed by atoms with Crippen molar-refractivity contribution in [1.82, 2.24) is 14.7 Å². The van der Waals surface area contributed by atoms with E-state index in [1.54, 1.807) is 47.9 Å². The summed E-state index contributed by atoms with van der Waals surface area (Å²) in [5.41, 5.74) is 1.89. The Morgan fingerprint density at radius 1 is 1.22 bits per heavy atom. The van der Waals surface area contributed by atoms with Gasteiger partial charge in [-0.15, -0.1) is 0 Å². The zero-order chi connectivity index (χ0) is 19.4. The molecule has 1 heterocycles. The maximum absolute atomic E-state index is 12.6. The van der Waals surface area contributed by atoms with Crippen molar-refractivity contribution in [2.24, 2.45) is 0 Å². The SMILES string of the molecule is C[C@H](Oc1ccc(Cl)cc1Cl)C(=O)N(C)Cc1cnn(-c2ccccc2)c1. The van der Waals surface area contributed by atoms with Crippen molar-refractivity contribution in [1.29, 1.82) is 0 Å². The van der Waals surface area contributed by atoms with Crippen LogP contribution in [-0.2, 0) is 11.3 Å². The maximum atomic E-state index is 12.6. The lowest BCUT2D eigenvalue weighted by Crippen LogP contribution is -2.37. The zero-order valence-corrected chi connectivity index (χ0v) is 16.5. The van der Waals surface area contributed by atoms with Crippen molar-refractivity contribution in [3.63, 3.8) is 0 Å². The van der Waals surface area contributed by atoms with Gasteiger partial charge in [-0.25, -0.2) is 4.68 Å². The summed E-state index contributed by atoms with van der Waals surface area (Å²) in [4.78, 5) is 14.2. The Balaban J connectivity index is 1.62. The predicted molar refractivity (Wildman–Crippen MR) is 107 cm³/mol. The summed E-state index contributed by atoms with van der Waals surface area (Å²) in [6, 6.07) is 14.7. The van der Waals surface area contributed by atoms with Crippen LogP contribution in [0.3, 0.4) is 0 Å². The Hall–Kier alpha value is -2.50. The third-order valence-electron chi connectivity index (χ3n) is 4.00. The van der Waals surface area contributed by atoms with Gasteiger partial charge >= 0.3 is 0 Å². The molecule has 140 valence electrons. The number of carbonyl (C=O) groups excluding carboxylic acids is 1. The number of halogens is 2. The number of likely N-dealkylation sites (N-methyl/N-ethyl adjacent to an activating group) is 1. The molecule has 0 aliphatic carbocycles. The van der Waals surface area contributed by atoms with Gasteiger partial charge in [0, 0.05) is 30.4 Å². The lowest BCUT2D eigenvalue weighted by Gasteiger charge is -2.22. The molecule has 0 aliphatic heterocycles. The quantitative estimate of drug-likeness (QED) is 0.603. The van der Waals surface area contributed by atoms with E-state index < -0.39 is 6.10 Å². The molecule has 27 heavy (non-hydrogen) atoms. The number of hydrogen-bond donors (Lipinski definition) is 0. The van der Waals surface area contributed by atoms with Gasteiger partial charge in [0.2, 0.25) is 0 Å². The van der Waals surface area contributed by atoms with Crippen LogP contribution in [0.25, 0.3) is 5.69 Å². The molecule has 0 N–H and O–H groups in total. The number of ether oxygens (including phenoxy) is 1. The normalized spacial score (nSPS) is 11.9. The van der Waals surface area contributed by atoms with E-state index in [0.29, 0.717) is 22.3 Å². The van der Waals surface area contributed by atoms with Crippen LogP contribution in [0.1, 0.15) is 12.5 Å². The number of rotatable bonds is 6. The average molecular weight is 404 g/mol. The highest BCUT2D eigenvalue weighted by Crippen LogP contribution is 2.28. The fourth-order valence-corrected chi connectivity index (χ4v) is 3.09. The van der Waals surface area contributed by atoms with Crippen LogP contribution in [0.15, 0.2) is 60.9 Å². The van der Waals surface area contributed by atoms with Gasteiger partial charge in [-0.3, -0.25) is 4.79 Å². The molecular formula is C20H19Cl2N3O2. The fourth-order valence-electron chi connectivity index (χ4n) is 2.64. The van der Waals surface area contributed by atoms with Gasteiger partial charge in [0.05, 0.1) is 16.9 Å². The average Bonchev–Trinajstić information content (AvgIpc) is 3.12. The summed E-state index contributed by atoms with van der Waals surface area (Å²) < 4.78 is 7.47. The molecule has 1 amide bonds. The Labute approximate surface area is 168 Å². The van der Waals surface area contributed by atoms with Gasteiger partial charge in [0.25, 0.3) is 5.91 Å². The Morgan fingerprint density at radius 3 is 2.67 bits per heavy atom. The van der Waals surface area contributed by atoms with E-state index in [1.165, 1.54) is 0 Å². The summed E-state index contributed by atoms with van der Waals surface area (Å²) in [7, 11) is 1.73. The van der Waals surface area contributed by atoms with Crippen molar-refractivity contribution in [3.8, 4) is 11.4 Å². The first-order valence-electron chi connectivity index (χ1n) is 8.39. The summed E-state index contributed by atoms with van der Waals surface area (Å²) in [5.74, 6) is 0.265. The molecule has 1 atom stereocenters. The predicted octanol–water partition coefficient (Wildman–Crippen LogP) is 4.61. The molecule has 7 heteroatoms. The van der Waals surface area contributed by atoms with E-state index in [0.717, 1.165) is 11.3 Å². The lowest BCUT2D eigenvalue weighted by atomic mass is 10.3. The molecular weight excluding hydrogens is 385 g/mol. The molecule has 2 aromatic carbocycles. The van der Waals surface area contributed by atoms with E-state index in [4.69, 9.17) is 27.9 Å². The highest BCUT2D eigenvalue weighted by Gasteiger charge is 2.21. The molecule has 0 spiro atoms. The Bertz CT molecular complexity index is 928. The molecule has 0 saturated carbocycles. The topological polar surface area (TPSA) is 47.4 Å². The van der Waals surface area contributed by atoms with Crippen LogP contribution >= 0.6 is 23.2 Å². The molecule has 1 aromatic heterocycles. The van der Waals surface area contributed by atoms with Crippen molar-refractivity contribution in [2.75, 3.05) is 7.05 Å². The Morgan fingerprint density at radius 2 is 1.96 bits per heavy atom. The standard InChI is InChI=1S/C20H19Cl2N3O2/c1-14(27-19-9-8-16(21)10-18(19)22)20(26)24(2)12-15-11-23-25(13-15)17-6-4-3-5-7-17/h3-11,13-14H,12H2,1-2H3/t14-/m0/s1. The third-order valence-corrected chi connectivity index (χ3v) is 4.53. The lowest BCUT2D eigenvalue weighted by molar-refractivity contribution is -0.137. The van der Waals surface area contributed by atoms with Gasteiger partial charge in [0.1, 0.15) is 5.75 Å².